The highest BCUT2D eigenvalue weighted by Crippen LogP contribution is 2.34. The molecule has 7 nitrogen and oxygen atoms in total. The average Bonchev–Trinajstić information content (AvgIpc) is 3.03. The van der Waals surface area contributed by atoms with Gasteiger partial charge in [-0.05, 0) is 31.2 Å². The summed E-state index contributed by atoms with van der Waals surface area (Å²) in [6.45, 7) is 2.89. The molecule has 0 aliphatic carbocycles. The van der Waals surface area contributed by atoms with Crippen LogP contribution in [0.2, 0.25) is 0 Å². The fourth-order valence-corrected chi connectivity index (χ4v) is 3.23. The second-order valence-electron chi connectivity index (χ2n) is 6.09. The van der Waals surface area contributed by atoms with Gasteiger partial charge in [-0.1, -0.05) is 0 Å². The monoisotopic (exact) mass is 364 g/mol. The second-order valence-corrected chi connectivity index (χ2v) is 7.84. The molecule has 0 spiro atoms. The van der Waals surface area contributed by atoms with Gasteiger partial charge in [0.15, 0.2) is 0 Å². The number of ether oxygens (including phenoxy) is 2. The second kappa shape index (κ2) is 6.89. The fourth-order valence-electron chi connectivity index (χ4n) is 2.67. The van der Waals surface area contributed by atoms with Crippen LogP contribution in [0.15, 0.2) is 35.3 Å². The fraction of sp³-hybridized carbons (Fsp3) is 0.353. The molecular formula is C17H20N2O5S. The SMILES string of the molecule is Cc1cc(-c2cc(NS(C)(=O)=O)ccc2OC2CCOC2)c[nH]c1=O. The van der Waals surface area contributed by atoms with Gasteiger partial charge < -0.3 is 14.5 Å². The van der Waals surface area contributed by atoms with Gasteiger partial charge in [-0.3, -0.25) is 9.52 Å². The van der Waals surface area contributed by atoms with Crippen molar-refractivity contribution < 1.29 is 17.9 Å². The van der Waals surface area contributed by atoms with Crippen molar-refractivity contribution in [2.24, 2.45) is 0 Å². The number of anilines is 1. The molecule has 0 radical (unpaired) electrons. The lowest BCUT2D eigenvalue weighted by atomic mass is 10.0. The summed E-state index contributed by atoms with van der Waals surface area (Å²) in [7, 11) is -3.39. The van der Waals surface area contributed by atoms with Crippen molar-refractivity contribution >= 4 is 15.7 Å². The zero-order valence-corrected chi connectivity index (χ0v) is 14.9. The Labute approximate surface area is 146 Å². The first-order chi connectivity index (χ1) is 11.8. The van der Waals surface area contributed by atoms with Crippen molar-refractivity contribution in [3.8, 4) is 16.9 Å². The van der Waals surface area contributed by atoms with E-state index in [0.29, 0.717) is 35.8 Å². The van der Waals surface area contributed by atoms with E-state index in [9.17, 15) is 13.2 Å². The van der Waals surface area contributed by atoms with Crippen LogP contribution in [0.25, 0.3) is 11.1 Å². The van der Waals surface area contributed by atoms with Crippen LogP contribution >= 0.6 is 0 Å². The molecule has 0 bridgehead atoms. The number of aromatic nitrogens is 1. The van der Waals surface area contributed by atoms with Crippen molar-refractivity contribution in [1.82, 2.24) is 4.98 Å². The van der Waals surface area contributed by atoms with E-state index >= 15 is 0 Å². The van der Waals surface area contributed by atoms with Crippen LogP contribution in [0.4, 0.5) is 5.69 Å². The van der Waals surface area contributed by atoms with Crippen molar-refractivity contribution in [2.75, 3.05) is 24.2 Å². The van der Waals surface area contributed by atoms with E-state index in [4.69, 9.17) is 9.47 Å². The smallest absolute Gasteiger partial charge is 0.250 e. The summed E-state index contributed by atoms with van der Waals surface area (Å²) in [5.41, 5.74) is 2.26. The van der Waals surface area contributed by atoms with Crippen LogP contribution in [-0.4, -0.2) is 39.0 Å². The maximum Gasteiger partial charge on any atom is 0.250 e. The molecule has 1 aliphatic heterocycles. The first-order valence-electron chi connectivity index (χ1n) is 7.88. The van der Waals surface area contributed by atoms with Gasteiger partial charge in [0, 0.05) is 35.0 Å². The molecule has 1 aromatic carbocycles. The molecule has 1 atom stereocenters. The Morgan fingerprint density at radius 3 is 2.76 bits per heavy atom. The molecule has 2 aromatic rings. The van der Waals surface area contributed by atoms with Crippen LogP contribution in [0.3, 0.4) is 0 Å². The van der Waals surface area contributed by atoms with E-state index in [-0.39, 0.29) is 11.7 Å². The Morgan fingerprint density at radius 2 is 2.12 bits per heavy atom. The van der Waals surface area contributed by atoms with Gasteiger partial charge in [0.05, 0.1) is 19.5 Å². The summed E-state index contributed by atoms with van der Waals surface area (Å²) in [5.74, 6) is 0.612. The average molecular weight is 364 g/mol. The largest absolute Gasteiger partial charge is 0.487 e. The van der Waals surface area contributed by atoms with Gasteiger partial charge in [0.2, 0.25) is 10.0 Å². The Kier molecular flexibility index (Phi) is 4.82. The highest BCUT2D eigenvalue weighted by Gasteiger charge is 2.20. The van der Waals surface area contributed by atoms with E-state index in [1.165, 1.54) is 0 Å². The maximum absolute atomic E-state index is 11.6. The molecule has 2 heterocycles. The van der Waals surface area contributed by atoms with Crippen LogP contribution in [0.5, 0.6) is 5.75 Å². The third-order valence-corrected chi connectivity index (χ3v) is 4.47. The number of hydrogen-bond donors (Lipinski definition) is 2. The number of hydrogen-bond acceptors (Lipinski definition) is 5. The summed E-state index contributed by atoms with van der Waals surface area (Å²) in [6, 6.07) is 6.81. The van der Waals surface area contributed by atoms with Crippen LogP contribution in [-0.2, 0) is 14.8 Å². The molecule has 8 heteroatoms. The minimum atomic E-state index is -3.39. The zero-order chi connectivity index (χ0) is 18.0. The molecule has 134 valence electrons. The van der Waals surface area contributed by atoms with Gasteiger partial charge in [0.1, 0.15) is 11.9 Å². The van der Waals surface area contributed by atoms with E-state index in [2.05, 4.69) is 9.71 Å². The van der Waals surface area contributed by atoms with Crippen LogP contribution in [0, 0.1) is 6.92 Å². The number of aryl methyl sites for hydroxylation is 1. The molecule has 1 fully saturated rings. The van der Waals surface area contributed by atoms with Crippen molar-refractivity contribution in [3.05, 3.63) is 46.4 Å². The molecule has 1 unspecified atom stereocenters. The molecule has 2 N–H and O–H groups in total. The Balaban J connectivity index is 2.04. The van der Waals surface area contributed by atoms with E-state index in [0.717, 1.165) is 18.2 Å². The minimum Gasteiger partial charge on any atom is -0.487 e. The Bertz CT molecular complexity index is 930. The third kappa shape index (κ3) is 4.40. The number of pyridine rings is 1. The van der Waals surface area contributed by atoms with Gasteiger partial charge in [0.25, 0.3) is 5.56 Å². The van der Waals surface area contributed by atoms with Crippen LogP contribution < -0.4 is 15.0 Å². The van der Waals surface area contributed by atoms with Gasteiger partial charge in [-0.2, -0.15) is 0 Å². The predicted octanol–water partition coefficient (Wildman–Crippen LogP) is 1.89. The number of nitrogens with one attached hydrogen (secondary N) is 2. The summed E-state index contributed by atoms with van der Waals surface area (Å²) in [5, 5.41) is 0. The highest BCUT2D eigenvalue weighted by molar-refractivity contribution is 7.92. The van der Waals surface area contributed by atoms with Gasteiger partial charge >= 0.3 is 0 Å². The van der Waals surface area contributed by atoms with Gasteiger partial charge in [-0.25, -0.2) is 8.42 Å². The molecular weight excluding hydrogens is 344 g/mol. The Morgan fingerprint density at radius 1 is 1.32 bits per heavy atom. The Hall–Kier alpha value is -2.32. The number of aromatic amines is 1. The minimum absolute atomic E-state index is 0.0451. The molecule has 3 rings (SSSR count). The zero-order valence-electron chi connectivity index (χ0n) is 14.0. The topological polar surface area (TPSA) is 97.5 Å². The first kappa shape index (κ1) is 17.5. The molecule has 25 heavy (non-hydrogen) atoms. The number of rotatable bonds is 5. The summed E-state index contributed by atoms with van der Waals surface area (Å²) >= 11 is 0. The summed E-state index contributed by atoms with van der Waals surface area (Å²) in [6.07, 6.45) is 3.44. The van der Waals surface area contributed by atoms with Crippen molar-refractivity contribution in [2.45, 2.75) is 19.4 Å². The third-order valence-electron chi connectivity index (χ3n) is 3.86. The van der Waals surface area contributed by atoms with Gasteiger partial charge in [-0.15, -0.1) is 0 Å². The molecule has 0 amide bonds. The quantitative estimate of drug-likeness (QED) is 0.844. The number of sulfonamides is 1. The molecule has 1 aliphatic rings. The first-order valence-corrected chi connectivity index (χ1v) is 9.77. The standard InChI is InChI=1S/C17H20N2O5S/c1-11-7-12(9-18-17(11)20)15-8-13(19-25(2,21)22)3-4-16(15)24-14-5-6-23-10-14/h3-4,7-9,14,19H,5-6,10H2,1-2H3,(H,18,20). The van der Waals surface area contributed by atoms with Crippen LogP contribution in [0.1, 0.15) is 12.0 Å². The molecule has 0 saturated carbocycles. The van der Waals surface area contributed by atoms with Crippen molar-refractivity contribution in [1.29, 1.82) is 0 Å². The van der Waals surface area contributed by atoms with E-state index in [1.807, 2.05) is 0 Å². The lowest BCUT2D eigenvalue weighted by Gasteiger charge is -2.17. The normalized spacial score (nSPS) is 17.4. The highest BCUT2D eigenvalue weighted by atomic mass is 32.2. The van der Waals surface area contributed by atoms with E-state index in [1.54, 1.807) is 37.4 Å². The summed E-state index contributed by atoms with van der Waals surface area (Å²) in [4.78, 5) is 14.3. The lowest BCUT2D eigenvalue weighted by Crippen LogP contribution is -2.16. The van der Waals surface area contributed by atoms with E-state index < -0.39 is 10.0 Å². The molecule has 1 aromatic heterocycles. The summed E-state index contributed by atoms with van der Waals surface area (Å²) < 4.78 is 36.8. The number of H-pyrrole nitrogens is 1. The van der Waals surface area contributed by atoms with Crippen molar-refractivity contribution in [3.63, 3.8) is 0 Å². The molecule has 1 saturated heterocycles. The lowest BCUT2D eigenvalue weighted by molar-refractivity contribution is 0.142. The maximum atomic E-state index is 11.6. The number of benzene rings is 1. The predicted molar refractivity (Wildman–Crippen MR) is 95.6 cm³/mol.